The zero-order valence-electron chi connectivity index (χ0n) is 9.05. The minimum atomic E-state index is 0.346. The summed E-state index contributed by atoms with van der Waals surface area (Å²) < 4.78 is 0. The predicted octanol–water partition coefficient (Wildman–Crippen LogP) is 1.86. The Balaban J connectivity index is 2.11. The molecule has 0 aliphatic carbocycles. The summed E-state index contributed by atoms with van der Waals surface area (Å²) in [4.78, 5) is 4.13. The highest BCUT2D eigenvalue weighted by atomic mass is 32.2. The number of thioether (sulfide) groups is 1. The molecule has 0 saturated carbocycles. The predicted molar refractivity (Wildman–Crippen MR) is 65.3 cm³/mol. The molecule has 2 N–H and O–H groups in total. The van der Waals surface area contributed by atoms with E-state index in [1.807, 2.05) is 13.1 Å². The Kier molecular flexibility index (Phi) is 3.96. The van der Waals surface area contributed by atoms with Gasteiger partial charge in [-0.25, -0.2) is 4.98 Å². The Bertz CT molecular complexity index is 401. The van der Waals surface area contributed by atoms with Gasteiger partial charge in [-0.1, -0.05) is 42.1 Å². The van der Waals surface area contributed by atoms with E-state index >= 15 is 0 Å². The molecule has 1 aromatic carbocycles. The quantitative estimate of drug-likeness (QED) is 0.775. The number of aromatic amines is 1. The zero-order chi connectivity index (χ0) is 11.2. The summed E-state index contributed by atoms with van der Waals surface area (Å²) in [5.41, 5.74) is 1.29. The lowest BCUT2D eigenvalue weighted by Crippen LogP contribution is -2.15. The maximum Gasteiger partial charge on any atom is 0.184 e. The molecule has 5 heteroatoms. The number of rotatable bonds is 5. The van der Waals surface area contributed by atoms with E-state index in [0.717, 1.165) is 11.7 Å². The Morgan fingerprint density at radius 2 is 2.19 bits per heavy atom. The molecule has 0 saturated heterocycles. The maximum atomic E-state index is 4.13. The van der Waals surface area contributed by atoms with Gasteiger partial charge in [-0.05, 0) is 12.6 Å². The average molecular weight is 234 g/mol. The van der Waals surface area contributed by atoms with Crippen molar-refractivity contribution in [3.05, 3.63) is 42.2 Å². The highest BCUT2D eigenvalue weighted by molar-refractivity contribution is 7.99. The molecule has 1 unspecified atom stereocenters. The van der Waals surface area contributed by atoms with Gasteiger partial charge in [0.2, 0.25) is 0 Å². The van der Waals surface area contributed by atoms with Gasteiger partial charge in [0, 0.05) is 11.8 Å². The van der Waals surface area contributed by atoms with Crippen LogP contribution >= 0.6 is 11.8 Å². The highest BCUT2D eigenvalue weighted by Gasteiger charge is 2.13. The average Bonchev–Trinajstić information content (AvgIpc) is 2.83. The fourth-order valence-electron chi connectivity index (χ4n) is 1.47. The van der Waals surface area contributed by atoms with Gasteiger partial charge in [-0.3, -0.25) is 5.10 Å². The molecule has 0 bridgehead atoms. The zero-order valence-corrected chi connectivity index (χ0v) is 9.87. The van der Waals surface area contributed by atoms with Crippen LogP contribution in [0.4, 0.5) is 0 Å². The van der Waals surface area contributed by atoms with Gasteiger partial charge in [-0.15, -0.1) is 0 Å². The Morgan fingerprint density at radius 1 is 1.38 bits per heavy atom. The molecule has 1 heterocycles. The van der Waals surface area contributed by atoms with Crippen molar-refractivity contribution in [1.29, 1.82) is 0 Å². The van der Waals surface area contributed by atoms with E-state index in [9.17, 15) is 0 Å². The summed E-state index contributed by atoms with van der Waals surface area (Å²) in [5.74, 6) is 0. The van der Waals surface area contributed by atoms with Gasteiger partial charge >= 0.3 is 0 Å². The van der Waals surface area contributed by atoms with Crippen molar-refractivity contribution in [3.63, 3.8) is 0 Å². The van der Waals surface area contributed by atoms with Crippen molar-refractivity contribution in [2.75, 3.05) is 13.6 Å². The smallest absolute Gasteiger partial charge is 0.184 e. The number of hydrogen-bond acceptors (Lipinski definition) is 4. The fourth-order valence-corrected chi connectivity index (χ4v) is 2.49. The third-order valence-electron chi connectivity index (χ3n) is 2.21. The first-order chi connectivity index (χ1) is 7.90. The SMILES string of the molecule is CNCC(Sc1ncn[nH]1)c1ccccc1. The van der Waals surface area contributed by atoms with Crippen LogP contribution < -0.4 is 5.32 Å². The van der Waals surface area contributed by atoms with E-state index in [1.165, 1.54) is 11.9 Å². The minimum absolute atomic E-state index is 0.346. The summed E-state index contributed by atoms with van der Waals surface area (Å²) in [7, 11) is 1.96. The van der Waals surface area contributed by atoms with Crippen LogP contribution in [0.15, 0.2) is 41.8 Å². The number of likely N-dealkylation sites (N-methyl/N-ethyl adjacent to an activating group) is 1. The van der Waals surface area contributed by atoms with Gasteiger partial charge < -0.3 is 5.32 Å². The van der Waals surface area contributed by atoms with Crippen LogP contribution in [0.1, 0.15) is 10.8 Å². The van der Waals surface area contributed by atoms with E-state index in [-0.39, 0.29) is 0 Å². The summed E-state index contributed by atoms with van der Waals surface area (Å²) in [5, 5.41) is 11.1. The molecule has 0 fully saturated rings. The lowest BCUT2D eigenvalue weighted by atomic mass is 10.1. The normalized spacial score (nSPS) is 12.6. The molecule has 4 nitrogen and oxygen atoms in total. The van der Waals surface area contributed by atoms with Gasteiger partial charge in [0.25, 0.3) is 0 Å². The Morgan fingerprint density at radius 3 is 2.81 bits per heavy atom. The second-order valence-electron chi connectivity index (χ2n) is 3.37. The van der Waals surface area contributed by atoms with Crippen molar-refractivity contribution in [3.8, 4) is 0 Å². The van der Waals surface area contributed by atoms with Gasteiger partial charge in [-0.2, -0.15) is 5.10 Å². The second-order valence-corrected chi connectivity index (χ2v) is 4.56. The van der Waals surface area contributed by atoms with Crippen LogP contribution in [-0.2, 0) is 0 Å². The summed E-state index contributed by atoms with van der Waals surface area (Å²) >= 11 is 1.68. The van der Waals surface area contributed by atoms with Crippen LogP contribution in [0.25, 0.3) is 0 Å². The maximum absolute atomic E-state index is 4.13. The molecule has 16 heavy (non-hydrogen) atoms. The third kappa shape index (κ3) is 2.84. The first-order valence-corrected chi connectivity index (χ1v) is 5.99. The first kappa shape index (κ1) is 11.2. The lowest BCUT2D eigenvalue weighted by molar-refractivity contribution is 0.774. The van der Waals surface area contributed by atoms with Crippen LogP contribution in [0.5, 0.6) is 0 Å². The molecule has 2 rings (SSSR count). The molecular weight excluding hydrogens is 220 g/mol. The Hall–Kier alpha value is -1.33. The topological polar surface area (TPSA) is 53.6 Å². The molecule has 0 amide bonds. The number of hydrogen-bond donors (Lipinski definition) is 2. The molecule has 0 aliphatic heterocycles. The van der Waals surface area contributed by atoms with Crippen LogP contribution in [0.3, 0.4) is 0 Å². The van der Waals surface area contributed by atoms with Crippen LogP contribution in [0, 0.1) is 0 Å². The molecule has 0 aliphatic rings. The molecular formula is C11H14N4S. The lowest BCUT2D eigenvalue weighted by Gasteiger charge is -2.14. The van der Waals surface area contributed by atoms with Crippen molar-refractivity contribution < 1.29 is 0 Å². The monoisotopic (exact) mass is 234 g/mol. The highest BCUT2D eigenvalue weighted by Crippen LogP contribution is 2.31. The van der Waals surface area contributed by atoms with E-state index in [4.69, 9.17) is 0 Å². The molecule has 1 atom stereocenters. The van der Waals surface area contributed by atoms with Crippen molar-refractivity contribution >= 4 is 11.8 Å². The van der Waals surface area contributed by atoms with Crippen LogP contribution in [0.2, 0.25) is 0 Å². The largest absolute Gasteiger partial charge is 0.318 e. The molecule has 2 aromatic rings. The van der Waals surface area contributed by atoms with Gasteiger partial charge in [0.15, 0.2) is 5.16 Å². The number of nitrogens with zero attached hydrogens (tertiary/aromatic N) is 2. The third-order valence-corrected chi connectivity index (χ3v) is 3.35. The number of benzene rings is 1. The number of H-pyrrole nitrogens is 1. The van der Waals surface area contributed by atoms with Crippen LogP contribution in [-0.4, -0.2) is 28.8 Å². The van der Waals surface area contributed by atoms with E-state index in [0.29, 0.717) is 5.25 Å². The van der Waals surface area contributed by atoms with Gasteiger partial charge in [0.05, 0.1) is 0 Å². The number of nitrogens with one attached hydrogen (secondary N) is 2. The van der Waals surface area contributed by atoms with E-state index in [1.54, 1.807) is 11.8 Å². The summed E-state index contributed by atoms with van der Waals surface area (Å²) in [6.45, 7) is 0.898. The van der Waals surface area contributed by atoms with Crippen molar-refractivity contribution in [2.24, 2.45) is 0 Å². The summed E-state index contributed by atoms with van der Waals surface area (Å²) in [6, 6.07) is 10.4. The molecule has 1 aromatic heterocycles. The summed E-state index contributed by atoms with van der Waals surface area (Å²) in [6.07, 6.45) is 1.53. The minimum Gasteiger partial charge on any atom is -0.318 e. The first-order valence-electron chi connectivity index (χ1n) is 5.11. The fraction of sp³-hybridized carbons (Fsp3) is 0.273. The standard InChI is InChI=1S/C11H14N4S/c1-12-7-10(9-5-3-2-4-6-9)16-11-13-8-14-15-11/h2-6,8,10,12H,7H2,1H3,(H,13,14,15). The van der Waals surface area contributed by atoms with E-state index in [2.05, 4.69) is 44.8 Å². The molecule has 84 valence electrons. The molecule has 0 spiro atoms. The second kappa shape index (κ2) is 5.67. The number of aromatic nitrogens is 3. The van der Waals surface area contributed by atoms with Crippen molar-refractivity contribution in [2.45, 2.75) is 10.4 Å². The Labute approximate surface area is 98.9 Å². The van der Waals surface area contributed by atoms with Crippen molar-refractivity contribution in [1.82, 2.24) is 20.5 Å². The molecule has 0 radical (unpaired) electrons. The van der Waals surface area contributed by atoms with Gasteiger partial charge in [0.1, 0.15) is 6.33 Å². The van der Waals surface area contributed by atoms with E-state index < -0.39 is 0 Å².